The molecular formula is C9H15N3. The van der Waals surface area contributed by atoms with Crippen LogP contribution >= 0.6 is 0 Å². The van der Waals surface area contributed by atoms with Gasteiger partial charge in [0.15, 0.2) is 0 Å². The van der Waals surface area contributed by atoms with Gasteiger partial charge in [-0.15, -0.1) is 0 Å². The van der Waals surface area contributed by atoms with Gasteiger partial charge in [-0.2, -0.15) is 5.10 Å². The number of nitrogen functional groups attached to an aromatic ring is 1. The molecule has 0 radical (unpaired) electrons. The van der Waals surface area contributed by atoms with Gasteiger partial charge in [-0.3, -0.25) is 4.68 Å². The van der Waals surface area contributed by atoms with E-state index < -0.39 is 0 Å². The van der Waals surface area contributed by atoms with E-state index in [0.717, 1.165) is 12.1 Å². The van der Waals surface area contributed by atoms with Crippen LogP contribution in [0, 0.1) is 0 Å². The fourth-order valence-corrected chi connectivity index (χ4v) is 0.957. The SMILES string of the molecule is CCC/C=C/c1cc(N)n(C)n1. The molecule has 0 aliphatic carbocycles. The molecule has 1 aromatic rings. The average molecular weight is 165 g/mol. The molecule has 1 heterocycles. The lowest BCUT2D eigenvalue weighted by molar-refractivity contribution is 0.775. The Bertz CT molecular complexity index is 254. The lowest BCUT2D eigenvalue weighted by Crippen LogP contribution is -1.96. The van der Waals surface area contributed by atoms with Crippen molar-refractivity contribution in [3.05, 3.63) is 17.8 Å². The van der Waals surface area contributed by atoms with Crippen molar-refractivity contribution in [3.63, 3.8) is 0 Å². The number of nitrogens with two attached hydrogens (primary N) is 1. The molecule has 66 valence electrons. The molecule has 2 N–H and O–H groups in total. The number of hydrogen-bond acceptors (Lipinski definition) is 2. The fourth-order valence-electron chi connectivity index (χ4n) is 0.957. The summed E-state index contributed by atoms with van der Waals surface area (Å²) in [5.41, 5.74) is 6.55. The zero-order valence-electron chi connectivity index (χ0n) is 7.62. The van der Waals surface area contributed by atoms with Crippen molar-refractivity contribution in [1.29, 1.82) is 0 Å². The minimum atomic E-state index is 0.700. The highest BCUT2D eigenvalue weighted by Gasteiger charge is 1.95. The summed E-state index contributed by atoms with van der Waals surface area (Å²) < 4.78 is 1.67. The van der Waals surface area contributed by atoms with Gasteiger partial charge in [-0.25, -0.2) is 0 Å². The second kappa shape index (κ2) is 3.95. The molecule has 0 amide bonds. The lowest BCUT2D eigenvalue weighted by atomic mass is 10.3. The number of anilines is 1. The van der Waals surface area contributed by atoms with Crippen LogP contribution in [0.1, 0.15) is 25.5 Å². The summed E-state index contributed by atoms with van der Waals surface area (Å²) in [5, 5.41) is 4.19. The summed E-state index contributed by atoms with van der Waals surface area (Å²) >= 11 is 0. The molecule has 3 heteroatoms. The summed E-state index contributed by atoms with van der Waals surface area (Å²) in [4.78, 5) is 0. The van der Waals surface area contributed by atoms with Gasteiger partial charge >= 0.3 is 0 Å². The first-order valence-corrected chi connectivity index (χ1v) is 4.20. The maximum atomic E-state index is 5.61. The van der Waals surface area contributed by atoms with E-state index in [-0.39, 0.29) is 0 Å². The van der Waals surface area contributed by atoms with E-state index >= 15 is 0 Å². The molecule has 1 rings (SSSR count). The third kappa shape index (κ3) is 2.12. The Morgan fingerprint density at radius 3 is 2.92 bits per heavy atom. The number of hydrogen-bond donors (Lipinski definition) is 1. The number of nitrogens with zero attached hydrogens (tertiary/aromatic N) is 2. The number of allylic oxidation sites excluding steroid dienone is 1. The fraction of sp³-hybridized carbons (Fsp3) is 0.444. The Morgan fingerprint density at radius 1 is 1.67 bits per heavy atom. The lowest BCUT2D eigenvalue weighted by Gasteiger charge is -1.88. The maximum Gasteiger partial charge on any atom is 0.121 e. The van der Waals surface area contributed by atoms with Crippen LogP contribution in [0.25, 0.3) is 6.08 Å². The Kier molecular flexibility index (Phi) is 2.91. The van der Waals surface area contributed by atoms with Gasteiger partial charge in [0, 0.05) is 13.1 Å². The molecule has 0 aliphatic rings. The van der Waals surface area contributed by atoms with E-state index in [1.807, 2.05) is 19.2 Å². The predicted molar refractivity (Wildman–Crippen MR) is 51.6 cm³/mol. The largest absolute Gasteiger partial charge is 0.384 e. The van der Waals surface area contributed by atoms with E-state index in [1.54, 1.807) is 4.68 Å². The van der Waals surface area contributed by atoms with Crippen molar-refractivity contribution in [2.24, 2.45) is 7.05 Å². The zero-order valence-corrected chi connectivity index (χ0v) is 7.62. The quantitative estimate of drug-likeness (QED) is 0.742. The summed E-state index contributed by atoms with van der Waals surface area (Å²) in [5.74, 6) is 0.700. The highest BCUT2D eigenvalue weighted by Crippen LogP contribution is 2.06. The summed E-state index contributed by atoms with van der Waals surface area (Å²) in [7, 11) is 1.84. The minimum Gasteiger partial charge on any atom is -0.384 e. The molecule has 0 bridgehead atoms. The molecule has 0 fully saturated rings. The van der Waals surface area contributed by atoms with Gasteiger partial charge < -0.3 is 5.73 Å². The van der Waals surface area contributed by atoms with Crippen LogP contribution in [0.3, 0.4) is 0 Å². The van der Waals surface area contributed by atoms with Crippen LogP contribution in [-0.4, -0.2) is 9.78 Å². The van der Waals surface area contributed by atoms with Gasteiger partial charge in [-0.1, -0.05) is 19.4 Å². The Labute approximate surface area is 72.9 Å². The Morgan fingerprint density at radius 2 is 2.42 bits per heavy atom. The van der Waals surface area contributed by atoms with Gasteiger partial charge in [0.05, 0.1) is 5.69 Å². The van der Waals surface area contributed by atoms with Gasteiger partial charge in [0.25, 0.3) is 0 Å². The molecule has 1 aromatic heterocycles. The van der Waals surface area contributed by atoms with Crippen molar-refractivity contribution >= 4 is 11.9 Å². The van der Waals surface area contributed by atoms with Crippen LogP contribution in [0.2, 0.25) is 0 Å². The molecule has 3 nitrogen and oxygen atoms in total. The summed E-state index contributed by atoms with van der Waals surface area (Å²) in [6, 6.07) is 1.87. The molecule has 0 unspecified atom stereocenters. The Hall–Kier alpha value is -1.25. The second-order valence-electron chi connectivity index (χ2n) is 2.81. The third-order valence-corrected chi connectivity index (χ3v) is 1.68. The predicted octanol–water partition coefficient (Wildman–Crippen LogP) is 1.82. The summed E-state index contributed by atoms with van der Waals surface area (Å²) in [6.45, 7) is 2.15. The normalized spacial score (nSPS) is 11.2. The Balaban J connectivity index is 2.64. The van der Waals surface area contributed by atoms with Crippen molar-refractivity contribution < 1.29 is 0 Å². The highest BCUT2D eigenvalue weighted by molar-refractivity contribution is 5.49. The molecule has 12 heavy (non-hydrogen) atoms. The van der Waals surface area contributed by atoms with Crippen LogP contribution in [0.4, 0.5) is 5.82 Å². The van der Waals surface area contributed by atoms with Crippen molar-refractivity contribution in [2.45, 2.75) is 19.8 Å². The van der Waals surface area contributed by atoms with Crippen LogP contribution in [-0.2, 0) is 7.05 Å². The second-order valence-corrected chi connectivity index (χ2v) is 2.81. The molecule has 0 saturated carbocycles. The van der Waals surface area contributed by atoms with E-state index in [0.29, 0.717) is 5.82 Å². The van der Waals surface area contributed by atoms with Crippen molar-refractivity contribution in [1.82, 2.24) is 9.78 Å². The standard InChI is InChI=1S/C9H15N3/c1-3-4-5-6-8-7-9(10)12(2)11-8/h5-7H,3-4,10H2,1-2H3/b6-5+. The molecular weight excluding hydrogens is 150 g/mol. The maximum absolute atomic E-state index is 5.61. The van der Waals surface area contributed by atoms with Crippen molar-refractivity contribution in [2.75, 3.05) is 5.73 Å². The zero-order chi connectivity index (χ0) is 8.97. The van der Waals surface area contributed by atoms with E-state index in [2.05, 4.69) is 18.1 Å². The van der Waals surface area contributed by atoms with Crippen LogP contribution < -0.4 is 5.73 Å². The molecule has 0 atom stereocenters. The van der Waals surface area contributed by atoms with Crippen LogP contribution in [0.15, 0.2) is 12.1 Å². The smallest absolute Gasteiger partial charge is 0.121 e. The third-order valence-electron chi connectivity index (χ3n) is 1.68. The molecule has 0 aliphatic heterocycles. The van der Waals surface area contributed by atoms with Gasteiger partial charge in [0.2, 0.25) is 0 Å². The highest BCUT2D eigenvalue weighted by atomic mass is 15.3. The van der Waals surface area contributed by atoms with Crippen molar-refractivity contribution in [3.8, 4) is 0 Å². The van der Waals surface area contributed by atoms with Crippen LogP contribution in [0.5, 0.6) is 0 Å². The minimum absolute atomic E-state index is 0.700. The topological polar surface area (TPSA) is 43.8 Å². The average Bonchev–Trinajstić information content (AvgIpc) is 2.32. The van der Waals surface area contributed by atoms with E-state index in [1.165, 1.54) is 6.42 Å². The molecule has 0 saturated heterocycles. The first-order chi connectivity index (χ1) is 5.74. The molecule has 0 aromatic carbocycles. The number of unbranched alkanes of at least 4 members (excludes halogenated alkanes) is 1. The first kappa shape index (κ1) is 8.84. The van der Waals surface area contributed by atoms with Gasteiger partial charge in [0.1, 0.15) is 5.82 Å². The van der Waals surface area contributed by atoms with E-state index in [4.69, 9.17) is 5.73 Å². The number of rotatable bonds is 3. The summed E-state index contributed by atoms with van der Waals surface area (Å²) in [6.07, 6.45) is 6.37. The molecule has 0 spiro atoms. The first-order valence-electron chi connectivity index (χ1n) is 4.20. The van der Waals surface area contributed by atoms with Gasteiger partial charge in [-0.05, 0) is 12.5 Å². The number of aryl methyl sites for hydroxylation is 1. The number of aromatic nitrogens is 2. The van der Waals surface area contributed by atoms with E-state index in [9.17, 15) is 0 Å². The monoisotopic (exact) mass is 165 g/mol.